The predicted molar refractivity (Wildman–Crippen MR) is 81.9 cm³/mol. The molecule has 5 nitrogen and oxygen atoms in total. The van der Waals surface area contributed by atoms with Gasteiger partial charge >= 0.3 is 6.03 Å². The number of carbonyl (C=O) groups excluding carboxylic acids is 2. The van der Waals surface area contributed by atoms with Crippen LogP contribution in [0.3, 0.4) is 0 Å². The summed E-state index contributed by atoms with van der Waals surface area (Å²) in [5.41, 5.74) is 6.02. The maximum atomic E-state index is 13.2. The number of halogens is 2. The number of benzene rings is 2. The Bertz CT molecular complexity index is 694. The molecule has 0 saturated carbocycles. The second-order valence-corrected chi connectivity index (χ2v) is 4.88. The smallest absolute Gasteiger partial charge is 0.318 e. The average molecular weight is 322 g/mol. The van der Waals surface area contributed by atoms with Crippen LogP contribution in [-0.2, 0) is 4.79 Å². The van der Waals surface area contributed by atoms with Gasteiger partial charge < -0.3 is 11.1 Å². The Labute approximate surface area is 131 Å². The van der Waals surface area contributed by atoms with Gasteiger partial charge in [0, 0.05) is 5.69 Å². The summed E-state index contributed by atoms with van der Waals surface area (Å²) in [4.78, 5) is 23.0. The largest absolute Gasteiger partial charge is 0.370 e. The van der Waals surface area contributed by atoms with E-state index < -0.39 is 23.8 Å². The van der Waals surface area contributed by atoms with E-state index in [1.807, 2.05) is 5.32 Å². The molecule has 0 aliphatic carbocycles. The number of urea groups is 1. The van der Waals surface area contributed by atoms with Crippen molar-refractivity contribution in [1.29, 1.82) is 0 Å². The first-order chi connectivity index (χ1) is 10.5. The van der Waals surface area contributed by atoms with Crippen molar-refractivity contribution in [3.63, 3.8) is 0 Å². The van der Waals surface area contributed by atoms with Crippen LogP contribution in [0.25, 0.3) is 0 Å². The Hall–Kier alpha value is -2.60. The molecule has 0 spiro atoms. The van der Waals surface area contributed by atoms with Gasteiger partial charge in [0.25, 0.3) is 5.91 Å². The van der Waals surface area contributed by atoms with Crippen LogP contribution in [0.1, 0.15) is 11.6 Å². The van der Waals surface area contributed by atoms with Gasteiger partial charge in [-0.3, -0.25) is 10.1 Å². The van der Waals surface area contributed by atoms with E-state index in [0.29, 0.717) is 11.3 Å². The summed E-state index contributed by atoms with van der Waals surface area (Å²) in [5.74, 6) is -1.19. The molecule has 0 radical (unpaired) electrons. The number of hydrogen-bond acceptors (Lipinski definition) is 3. The molecule has 7 heteroatoms. The molecule has 22 heavy (non-hydrogen) atoms. The SMILES string of the molecule is NC(=O)NC(=O)[C@@H](Nc1ccc(F)c(Cl)c1)c1ccccc1. The number of rotatable bonds is 4. The van der Waals surface area contributed by atoms with Crippen LogP contribution in [-0.4, -0.2) is 11.9 Å². The fourth-order valence-electron chi connectivity index (χ4n) is 1.89. The van der Waals surface area contributed by atoms with Crippen LogP contribution >= 0.6 is 11.6 Å². The molecule has 0 saturated heterocycles. The van der Waals surface area contributed by atoms with E-state index in [1.165, 1.54) is 18.2 Å². The van der Waals surface area contributed by atoms with Gasteiger partial charge in [0.15, 0.2) is 0 Å². The number of carbonyl (C=O) groups is 2. The van der Waals surface area contributed by atoms with Crippen molar-refractivity contribution in [2.45, 2.75) is 6.04 Å². The Balaban J connectivity index is 2.30. The first-order valence-electron chi connectivity index (χ1n) is 6.34. The monoisotopic (exact) mass is 321 g/mol. The van der Waals surface area contributed by atoms with Crippen molar-refractivity contribution in [2.24, 2.45) is 5.73 Å². The number of anilines is 1. The molecule has 114 valence electrons. The topological polar surface area (TPSA) is 84.2 Å². The highest BCUT2D eigenvalue weighted by atomic mass is 35.5. The quantitative estimate of drug-likeness (QED) is 0.809. The first kappa shape index (κ1) is 15.8. The normalized spacial score (nSPS) is 11.5. The van der Waals surface area contributed by atoms with Crippen LogP contribution in [0.4, 0.5) is 14.9 Å². The standard InChI is InChI=1S/C15H13ClFN3O2/c16-11-8-10(6-7-12(11)17)19-13(14(21)20-15(18)22)9-4-2-1-3-5-9/h1-8,13,19H,(H3,18,20,21,22)/t13-/m0/s1. The molecule has 0 fully saturated rings. The fourth-order valence-corrected chi connectivity index (χ4v) is 2.07. The first-order valence-corrected chi connectivity index (χ1v) is 6.72. The van der Waals surface area contributed by atoms with Gasteiger partial charge in [-0.05, 0) is 23.8 Å². The average Bonchev–Trinajstić information content (AvgIpc) is 2.48. The summed E-state index contributed by atoms with van der Waals surface area (Å²) in [7, 11) is 0. The maximum Gasteiger partial charge on any atom is 0.318 e. The van der Waals surface area contributed by atoms with Crippen LogP contribution in [0.15, 0.2) is 48.5 Å². The van der Waals surface area contributed by atoms with Crippen molar-refractivity contribution >= 4 is 29.2 Å². The van der Waals surface area contributed by atoms with E-state index >= 15 is 0 Å². The number of amides is 3. The zero-order chi connectivity index (χ0) is 16.1. The molecule has 0 aliphatic rings. The second kappa shape index (κ2) is 6.91. The fraction of sp³-hybridized carbons (Fsp3) is 0.0667. The molecule has 0 unspecified atom stereocenters. The van der Waals surface area contributed by atoms with Gasteiger partial charge in [-0.2, -0.15) is 0 Å². The lowest BCUT2D eigenvalue weighted by atomic mass is 10.1. The van der Waals surface area contributed by atoms with E-state index in [4.69, 9.17) is 17.3 Å². The zero-order valence-electron chi connectivity index (χ0n) is 11.3. The van der Waals surface area contributed by atoms with Gasteiger partial charge in [-0.25, -0.2) is 9.18 Å². The highest BCUT2D eigenvalue weighted by molar-refractivity contribution is 6.31. The van der Waals surface area contributed by atoms with Crippen molar-refractivity contribution in [1.82, 2.24) is 5.32 Å². The molecule has 2 aromatic rings. The van der Waals surface area contributed by atoms with E-state index in [1.54, 1.807) is 30.3 Å². The Morgan fingerprint density at radius 3 is 2.41 bits per heavy atom. The lowest BCUT2D eigenvalue weighted by molar-refractivity contribution is -0.120. The van der Waals surface area contributed by atoms with Crippen molar-refractivity contribution < 1.29 is 14.0 Å². The summed E-state index contributed by atoms with van der Waals surface area (Å²) in [6.45, 7) is 0. The summed E-state index contributed by atoms with van der Waals surface area (Å²) in [5, 5.41) is 4.84. The molecule has 3 amide bonds. The number of imide groups is 1. The molecule has 4 N–H and O–H groups in total. The van der Waals surface area contributed by atoms with E-state index in [0.717, 1.165) is 0 Å². The van der Waals surface area contributed by atoms with Crippen molar-refractivity contribution in [3.8, 4) is 0 Å². The van der Waals surface area contributed by atoms with Crippen LogP contribution < -0.4 is 16.4 Å². The van der Waals surface area contributed by atoms with Crippen LogP contribution in [0.5, 0.6) is 0 Å². The summed E-state index contributed by atoms with van der Waals surface area (Å²) in [6.07, 6.45) is 0. The van der Waals surface area contributed by atoms with Crippen LogP contribution in [0, 0.1) is 5.82 Å². The second-order valence-electron chi connectivity index (χ2n) is 4.47. The van der Waals surface area contributed by atoms with Crippen LogP contribution in [0.2, 0.25) is 5.02 Å². The lowest BCUT2D eigenvalue weighted by Gasteiger charge is -2.19. The third kappa shape index (κ3) is 3.95. The minimum atomic E-state index is -0.954. The highest BCUT2D eigenvalue weighted by Crippen LogP contribution is 2.24. The van der Waals surface area contributed by atoms with Gasteiger partial charge in [-0.1, -0.05) is 41.9 Å². The zero-order valence-corrected chi connectivity index (χ0v) is 12.1. The highest BCUT2D eigenvalue weighted by Gasteiger charge is 2.21. The summed E-state index contributed by atoms with van der Waals surface area (Å²) in [6, 6.07) is 10.9. The molecule has 0 aromatic heterocycles. The molecule has 1 atom stereocenters. The Kier molecular flexibility index (Phi) is 4.95. The summed E-state index contributed by atoms with van der Waals surface area (Å²) < 4.78 is 13.2. The number of nitrogens with one attached hydrogen (secondary N) is 2. The summed E-state index contributed by atoms with van der Waals surface area (Å²) >= 11 is 5.72. The molecule has 0 heterocycles. The van der Waals surface area contributed by atoms with E-state index in [9.17, 15) is 14.0 Å². The van der Waals surface area contributed by atoms with E-state index in [-0.39, 0.29) is 5.02 Å². The van der Waals surface area contributed by atoms with Gasteiger partial charge in [0.2, 0.25) is 0 Å². The van der Waals surface area contributed by atoms with Gasteiger partial charge in [-0.15, -0.1) is 0 Å². The molecular formula is C15H13ClFN3O2. The maximum absolute atomic E-state index is 13.2. The molecular weight excluding hydrogens is 309 g/mol. The van der Waals surface area contributed by atoms with Crippen molar-refractivity contribution in [3.05, 3.63) is 64.9 Å². The number of nitrogens with two attached hydrogens (primary N) is 1. The van der Waals surface area contributed by atoms with Gasteiger partial charge in [0.1, 0.15) is 11.9 Å². The lowest BCUT2D eigenvalue weighted by Crippen LogP contribution is -2.40. The molecule has 2 aromatic carbocycles. The predicted octanol–water partition coefficient (Wildman–Crippen LogP) is 2.83. The van der Waals surface area contributed by atoms with Crippen molar-refractivity contribution in [2.75, 3.05) is 5.32 Å². The molecule has 0 aliphatic heterocycles. The minimum Gasteiger partial charge on any atom is -0.370 e. The Morgan fingerprint density at radius 2 is 1.82 bits per heavy atom. The Morgan fingerprint density at radius 1 is 1.14 bits per heavy atom. The number of primary amides is 1. The minimum absolute atomic E-state index is 0.0767. The third-order valence-corrected chi connectivity index (χ3v) is 3.16. The van der Waals surface area contributed by atoms with Gasteiger partial charge in [0.05, 0.1) is 5.02 Å². The number of hydrogen-bond donors (Lipinski definition) is 3. The molecule has 0 bridgehead atoms. The van der Waals surface area contributed by atoms with E-state index in [2.05, 4.69) is 5.32 Å². The third-order valence-electron chi connectivity index (χ3n) is 2.87. The molecule has 2 rings (SSSR count).